The minimum atomic E-state index is -0.324. The number of para-hydroxylation sites is 1. The molecule has 4 heterocycles. The highest BCUT2D eigenvalue weighted by atomic mass is 32.1. The molecule has 1 saturated heterocycles. The Hall–Kier alpha value is -3.20. The number of aryl methyl sites for hydroxylation is 2. The van der Waals surface area contributed by atoms with E-state index < -0.39 is 0 Å². The highest BCUT2D eigenvalue weighted by Crippen LogP contribution is 2.47. The lowest BCUT2D eigenvalue weighted by molar-refractivity contribution is 0.0739. The predicted molar refractivity (Wildman–Crippen MR) is 118 cm³/mol. The zero-order valence-electron chi connectivity index (χ0n) is 17.2. The second-order valence-electron chi connectivity index (χ2n) is 8.24. The summed E-state index contributed by atoms with van der Waals surface area (Å²) in [7, 11) is 0. The smallest absolute Gasteiger partial charge is 0.319 e. The maximum Gasteiger partial charge on any atom is 0.319 e. The number of carbonyl (C=O) groups is 2. The molecule has 1 spiro atoms. The van der Waals surface area contributed by atoms with E-state index in [1.807, 2.05) is 59.0 Å². The number of nitrogens with zero attached hydrogens (tertiary/aromatic N) is 4. The van der Waals surface area contributed by atoms with E-state index in [1.54, 1.807) is 0 Å². The molecule has 5 rings (SSSR count). The van der Waals surface area contributed by atoms with Crippen LogP contribution in [0.15, 0.2) is 48.8 Å². The van der Waals surface area contributed by atoms with Crippen LogP contribution in [-0.2, 0) is 6.54 Å². The van der Waals surface area contributed by atoms with Crippen molar-refractivity contribution in [3.05, 3.63) is 64.4 Å². The lowest BCUT2D eigenvalue weighted by Gasteiger charge is -2.40. The van der Waals surface area contributed by atoms with Crippen LogP contribution in [0.3, 0.4) is 0 Å². The molecule has 160 valence electrons. The van der Waals surface area contributed by atoms with E-state index in [0.29, 0.717) is 13.1 Å². The number of hydrogen-bond donors (Lipinski definition) is 2. The maximum atomic E-state index is 13.1. The molecule has 2 aliphatic rings. The Morgan fingerprint density at radius 1 is 1.13 bits per heavy atom. The minimum Gasteiger partial charge on any atom is -0.337 e. The largest absolute Gasteiger partial charge is 0.337 e. The number of nitrogens with one attached hydrogen (secondary N) is 2. The molecule has 1 fully saturated rings. The van der Waals surface area contributed by atoms with E-state index >= 15 is 0 Å². The summed E-state index contributed by atoms with van der Waals surface area (Å²) in [6.45, 7) is 3.99. The van der Waals surface area contributed by atoms with Gasteiger partial charge in [-0.25, -0.2) is 14.5 Å². The fraction of sp³-hybridized carbons (Fsp3) is 0.364. The van der Waals surface area contributed by atoms with Gasteiger partial charge in [-0.3, -0.25) is 4.79 Å². The summed E-state index contributed by atoms with van der Waals surface area (Å²) in [5.41, 5.74) is 0.460. The summed E-state index contributed by atoms with van der Waals surface area (Å²) in [5.74, 6) is 0.810. The number of rotatable bonds is 3. The normalized spacial score (nSPS) is 22.4. The molecular weight excluding hydrogens is 412 g/mol. The second kappa shape index (κ2) is 7.81. The van der Waals surface area contributed by atoms with Gasteiger partial charge in [-0.15, -0.1) is 11.3 Å². The quantitative estimate of drug-likeness (QED) is 0.658. The van der Waals surface area contributed by atoms with Crippen molar-refractivity contribution in [3.63, 3.8) is 0 Å². The minimum absolute atomic E-state index is 0.0644. The summed E-state index contributed by atoms with van der Waals surface area (Å²) in [6.07, 6.45) is 3.17. The van der Waals surface area contributed by atoms with E-state index in [-0.39, 0.29) is 23.4 Å². The molecule has 0 bridgehead atoms. The Balaban J connectivity index is 1.38. The van der Waals surface area contributed by atoms with E-state index in [9.17, 15) is 9.59 Å². The molecule has 0 radical (unpaired) electrons. The molecule has 3 amide bonds. The van der Waals surface area contributed by atoms with Crippen molar-refractivity contribution in [2.75, 3.05) is 18.4 Å². The van der Waals surface area contributed by atoms with Crippen molar-refractivity contribution in [1.82, 2.24) is 25.0 Å². The van der Waals surface area contributed by atoms with Crippen LogP contribution in [0.1, 0.15) is 39.3 Å². The molecule has 2 aromatic heterocycles. The Morgan fingerprint density at radius 2 is 1.94 bits per heavy atom. The van der Waals surface area contributed by atoms with Gasteiger partial charge in [0.05, 0.1) is 10.9 Å². The topological polar surface area (TPSA) is 92.2 Å². The summed E-state index contributed by atoms with van der Waals surface area (Å²) in [6, 6.07) is 12.6. The Bertz CT molecular complexity index is 1110. The molecule has 8 nitrogen and oxygen atoms in total. The van der Waals surface area contributed by atoms with Crippen molar-refractivity contribution >= 4 is 29.0 Å². The van der Waals surface area contributed by atoms with Gasteiger partial charge in [0.1, 0.15) is 12.2 Å². The van der Waals surface area contributed by atoms with Crippen molar-refractivity contribution in [2.24, 2.45) is 5.41 Å². The Kier molecular flexibility index (Phi) is 4.97. The number of fused-ring (bicyclic) bond motifs is 1. The zero-order valence-corrected chi connectivity index (χ0v) is 18.1. The first-order valence-electron chi connectivity index (χ1n) is 10.4. The summed E-state index contributed by atoms with van der Waals surface area (Å²) < 4.78 is 1.85. The number of carbonyl (C=O) groups excluding carboxylic acids is 2. The average molecular weight is 437 g/mol. The lowest BCUT2D eigenvalue weighted by Crippen LogP contribution is -2.49. The van der Waals surface area contributed by atoms with Gasteiger partial charge in [0.15, 0.2) is 0 Å². The van der Waals surface area contributed by atoms with Crippen molar-refractivity contribution in [1.29, 1.82) is 0 Å². The Morgan fingerprint density at radius 3 is 2.71 bits per heavy atom. The van der Waals surface area contributed by atoms with Crippen LogP contribution in [0.4, 0.5) is 10.5 Å². The standard InChI is InChI=1S/C22H24N6O2S/c1-15-7-8-17(31-15)20(29)27-11-9-22(13-27)10-12-28-19(23-14-24-28)18(22)26-21(30)25-16-5-3-2-4-6-16/h2-8,14,18H,9-13H2,1H3,(H2,25,26,30). The molecule has 2 atom stereocenters. The van der Waals surface area contributed by atoms with Crippen LogP contribution in [-0.4, -0.2) is 44.7 Å². The van der Waals surface area contributed by atoms with Gasteiger partial charge in [-0.05, 0) is 44.0 Å². The van der Waals surface area contributed by atoms with Gasteiger partial charge in [0, 0.05) is 35.6 Å². The van der Waals surface area contributed by atoms with Crippen molar-refractivity contribution < 1.29 is 9.59 Å². The third kappa shape index (κ3) is 3.69. The van der Waals surface area contributed by atoms with Gasteiger partial charge < -0.3 is 15.5 Å². The molecular formula is C22H24N6O2S. The molecule has 2 aliphatic heterocycles. The van der Waals surface area contributed by atoms with Crippen molar-refractivity contribution in [2.45, 2.75) is 32.4 Å². The molecule has 3 aromatic rings. The van der Waals surface area contributed by atoms with Crippen LogP contribution in [0.2, 0.25) is 0 Å². The third-order valence-corrected chi connectivity index (χ3v) is 7.26. The zero-order chi connectivity index (χ0) is 21.4. The molecule has 9 heteroatoms. The van der Waals surface area contributed by atoms with E-state index in [2.05, 4.69) is 20.7 Å². The van der Waals surface area contributed by atoms with Crippen LogP contribution in [0, 0.1) is 12.3 Å². The molecule has 1 aromatic carbocycles. The third-order valence-electron chi connectivity index (χ3n) is 6.27. The predicted octanol–water partition coefficient (Wildman–Crippen LogP) is 3.45. The van der Waals surface area contributed by atoms with Gasteiger partial charge >= 0.3 is 6.03 Å². The SMILES string of the molecule is Cc1ccc(C(=O)N2CCC3(CCn4ncnc4C3NC(=O)Nc3ccccc3)C2)s1. The number of likely N-dealkylation sites (tertiary alicyclic amines) is 1. The number of aromatic nitrogens is 3. The highest BCUT2D eigenvalue weighted by Gasteiger charge is 2.51. The number of urea groups is 1. The summed E-state index contributed by atoms with van der Waals surface area (Å²) >= 11 is 1.52. The molecule has 2 unspecified atom stereocenters. The van der Waals surface area contributed by atoms with E-state index in [1.165, 1.54) is 17.7 Å². The number of benzene rings is 1. The fourth-order valence-corrected chi connectivity index (χ4v) is 5.50. The fourth-order valence-electron chi connectivity index (χ4n) is 4.67. The molecule has 2 N–H and O–H groups in total. The molecule has 31 heavy (non-hydrogen) atoms. The average Bonchev–Trinajstić information content (AvgIpc) is 3.51. The van der Waals surface area contributed by atoms with Gasteiger partial charge in [-0.2, -0.15) is 5.10 Å². The van der Waals surface area contributed by atoms with Crippen LogP contribution < -0.4 is 10.6 Å². The number of hydrogen-bond acceptors (Lipinski definition) is 5. The van der Waals surface area contributed by atoms with E-state index in [4.69, 9.17) is 0 Å². The molecule has 0 saturated carbocycles. The number of amides is 3. The Labute approximate surface area is 184 Å². The first-order chi connectivity index (χ1) is 15.0. The molecule has 0 aliphatic carbocycles. The van der Waals surface area contributed by atoms with Gasteiger partial charge in [-0.1, -0.05) is 18.2 Å². The summed E-state index contributed by atoms with van der Waals surface area (Å²) in [4.78, 5) is 34.2. The van der Waals surface area contributed by atoms with Crippen LogP contribution >= 0.6 is 11.3 Å². The number of anilines is 1. The van der Waals surface area contributed by atoms with Gasteiger partial charge in [0.2, 0.25) is 0 Å². The van der Waals surface area contributed by atoms with E-state index in [0.717, 1.165) is 40.7 Å². The monoisotopic (exact) mass is 436 g/mol. The first kappa shape index (κ1) is 19.7. The van der Waals surface area contributed by atoms with Crippen LogP contribution in [0.5, 0.6) is 0 Å². The highest BCUT2D eigenvalue weighted by molar-refractivity contribution is 7.13. The maximum absolute atomic E-state index is 13.1. The second-order valence-corrected chi connectivity index (χ2v) is 9.53. The van der Waals surface area contributed by atoms with Gasteiger partial charge in [0.25, 0.3) is 5.91 Å². The van der Waals surface area contributed by atoms with Crippen molar-refractivity contribution in [3.8, 4) is 0 Å². The number of thiophene rings is 1. The lowest BCUT2D eigenvalue weighted by atomic mass is 9.74. The first-order valence-corrected chi connectivity index (χ1v) is 11.2. The summed E-state index contributed by atoms with van der Waals surface area (Å²) in [5, 5.41) is 10.3. The van der Waals surface area contributed by atoms with Crippen LogP contribution in [0.25, 0.3) is 0 Å².